The second-order valence-electron chi connectivity index (χ2n) is 6.16. The number of aromatic amines is 2. The fraction of sp³-hybridized carbons (Fsp3) is 0.350. The van der Waals surface area contributed by atoms with Crippen molar-refractivity contribution in [2.45, 2.75) is 39.5 Å². The van der Waals surface area contributed by atoms with Gasteiger partial charge in [-0.05, 0) is 49.6 Å². The molecule has 1 aliphatic heterocycles. The molecule has 0 atom stereocenters. The molecular weight excluding hydrogens is 364 g/mol. The van der Waals surface area contributed by atoms with Crippen LogP contribution in [-0.4, -0.2) is 22.8 Å². The van der Waals surface area contributed by atoms with Gasteiger partial charge in [0.2, 0.25) is 0 Å². The van der Waals surface area contributed by atoms with Crippen LogP contribution >= 0.6 is 0 Å². The maximum absolute atomic E-state index is 5.49. The summed E-state index contributed by atoms with van der Waals surface area (Å²) >= 11 is 0. The maximum Gasteiger partial charge on any atom is 0.146 e. The van der Waals surface area contributed by atoms with Gasteiger partial charge < -0.3 is 14.7 Å². The Morgan fingerprint density at radius 2 is 2.12 bits per heavy atom. The van der Waals surface area contributed by atoms with E-state index in [4.69, 9.17) is 9.73 Å². The Kier molecular flexibility index (Phi) is 7.01. The Morgan fingerprint density at radius 3 is 2.80 bits per heavy atom. The summed E-state index contributed by atoms with van der Waals surface area (Å²) in [5, 5.41) is 0. The van der Waals surface area contributed by atoms with Crippen molar-refractivity contribution in [1.82, 2.24) is 9.97 Å². The Morgan fingerprint density at radius 1 is 1.28 bits per heavy atom. The van der Waals surface area contributed by atoms with Crippen molar-refractivity contribution in [1.29, 1.82) is 0 Å². The zero-order valence-corrected chi connectivity index (χ0v) is 18.3. The minimum Gasteiger partial charge on any atom is -0.494 e. The number of allylic oxidation sites excluding steroid dienone is 1. The Hall–Kier alpha value is -1.87. The summed E-state index contributed by atoms with van der Waals surface area (Å²) in [4.78, 5) is 11.3. The van der Waals surface area contributed by atoms with Gasteiger partial charge in [0.15, 0.2) is 0 Å². The molecule has 128 valence electrons. The fourth-order valence-corrected chi connectivity index (χ4v) is 2.99. The Bertz CT molecular complexity index is 782. The number of ether oxygens (including phenoxy) is 1. The zero-order chi connectivity index (χ0) is 16.9. The van der Waals surface area contributed by atoms with E-state index in [2.05, 4.69) is 36.0 Å². The van der Waals surface area contributed by atoms with Gasteiger partial charge in [0.1, 0.15) is 11.5 Å². The Balaban J connectivity index is 0.00000225. The van der Waals surface area contributed by atoms with Gasteiger partial charge in [-0.2, -0.15) is 0 Å². The minimum atomic E-state index is 0. The smallest absolute Gasteiger partial charge is 0.146 e. The molecular formula is C20H25N3OZn. The number of rotatable bonds is 7. The SMILES string of the molecule is CCCCCc1cc(C=C2N=C(c3ccc[nH]3)C=C2OC)[nH]c1C.[Zn]. The molecule has 2 N–H and O–H groups in total. The van der Waals surface area contributed by atoms with Gasteiger partial charge in [-0.25, -0.2) is 4.99 Å². The quantitative estimate of drug-likeness (QED) is 0.521. The number of nitrogens with zero attached hydrogens (tertiary/aromatic N) is 1. The molecule has 0 fully saturated rings. The number of H-pyrrole nitrogens is 2. The number of nitrogens with one attached hydrogen (secondary N) is 2. The van der Waals surface area contributed by atoms with Gasteiger partial charge >= 0.3 is 0 Å². The molecule has 0 amide bonds. The second kappa shape index (κ2) is 9.00. The van der Waals surface area contributed by atoms with Crippen LogP contribution in [-0.2, 0) is 30.6 Å². The largest absolute Gasteiger partial charge is 0.494 e. The van der Waals surface area contributed by atoms with Crippen molar-refractivity contribution in [3.63, 3.8) is 0 Å². The van der Waals surface area contributed by atoms with Crippen LogP contribution in [0.3, 0.4) is 0 Å². The number of unbranched alkanes of at least 4 members (excludes halogenated alkanes) is 2. The summed E-state index contributed by atoms with van der Waals surface area (Å²) in [6.45, 7) is 4.37. The van der Waals surface area contributed by atoms with E-state index in [-0.39, 0.29) is 19.5 Å². The second-order valence-corrected chi connectivity index (χ2v) is 6.16. The van der Waals surface area contributed by atoms with Crippen LogP contribution in [0.2, 0.25) is 0 Å². The van der Waals surface area contributed by atoms with Crippen LogP contribution in [0.25, 0.3) is 6.08 Å². The van der Waals surface area contributed by atoms with E-state index in [0.717, 1.165) is 35.0 Å². The molecule has 2 aromatic heterocycles. The molecule has 0 bridgehead atoms. The molecule has 25 heavy (non-hydrogen) atoms. The van der Waals surface area contributed by atoms with Gasteiger partial charge in [-0.15, -0.1) is 0 Å². The minimum absolute atomic E-state index is 0. The molecule has 4 nitrogen and oxygen atoms in total. The molecule has 0 unspecified atom stereocenters. The van der Waals surface area contributed by atoms with E-state index in [1.807, 2.05) is 24.4 Å². The van der Waals surface area contributed by atoms with Crippen molar-refractivity contribution >= 4 is 11.8 Å². The summed E-state index contributed by atoms with van der Waals surface area (Å²) in [7, 11) is 1.68. The topological polar surface area (TPSA) is 53.2 Å². The summed E-state index contributed by atoms with van der Waals surface area (Å²) in [6.07, 6.45) is 10.8. The number of aromatic nitrogens is 2. The molecule has 2 aromatic rings. The summed E-state index contributed by atoms with van der Waals surface area (Å²) in [6, 6.07) is 6.21. The molecule has 3 rings (SSSR count). The Labute approximate surface area is 162 Å². The fourth-order valence-electron chi connectivity index (χ4n) is 2.99. The molecule has 0 saturated carbocycles. The van der Waals surface area contributed by atoms with E-state index in [1.165, 1.54) is 30.5 Å². The average Bonchev–Trinajstić information content (AvgIpc) is 3.28. The van der Waals surface area contributed by atoms with E-state index < -0.39 is 0 Å². The molecule has 5 heteroatoms. The van der Waals surface area contributed by atoms with Gasteiger partial charge in [0, 0.05) is 43.1 Å². The molecule has 1 aliphatic rings. The number of methoxy groups -OCH3 is 1. The normalized spacial score (nSPS) is 15.1. The number of hydrogen-bond acceptors (Lipinski definition) is 2. The first-order chi connectivity index (χ1) is 11.7. The van der Waals surface area contributed by atoms with Crippen LogP contribution in [0, 0.1) is 6.92 Å². The van der Waals surface area contributed by atoms with Gasteiger partial charge in [0.05, 0.1) is 18.5 Å². The maximum atomic E-state index is 5.49. The van der Waals surface area contributed by atoms with Gasteiger partial charge in [0.25, 0.3) is 0 Å². The third-order valence-electron chi connectivity index (χ3n) is 4.34. The molecule has 0 spiro atoms. The van der Waals surface area contributed by atoms with Gasteiger partial charge in [-0.1, -0.05) is 19.8 Å². The molecule has 0 saturated heterocycles. The number of aryl methyl sites for hydroxylation is 2. The average molecular weight is 389 g/mol. The number of hydrogen-bond donors (Lipinski definition) is 2. The van der Waals surface area contributed by atoms with E-state index >= 15 is 0 Å². The van der Waals surface area contributed by atoms with E-state index in [0.29, 0.717) is 0 Å². The van der Waals surface area contributed by atoms with Crippen molar-refractivity contribution < 1.29 is 24.2 Å². The first kappa shape index (κ1) is 19.5. The van der Waals surface area contributed by atoms with Crippen LogP contribution in [0.1, 0.15) is 48.8 Å². The summed E-state index contributed by atoms with van der Waals surface area (Å²) in [5.41, 5.74) is 6.46. The van der Waals surface area contributed by atoms with Crippen molar-refractivity contribution in [3.8, 4) is 0 Å². The molecule has 0 aliphatic carbocycles. The van der Waals surface area contributed by atoms with E-state index in [9.17, 15) is 0 Å². The van der Waals surface area contributed by atoms with Crippen LogP contribution in [0.5, 0.6) is 0 Å². The number of aliphatic imine (C=N–C) groups is 1. The van der Waals surface area contributed by atoms with E-state index in [1.54, 1.807) is 7.11 Å². The zero-order valence-electron chi connectivity index (χ0n) is 15.4. The van der Waals surface area contributed by atoms with Gasteiger partial charge in [-0.3, -0.25) is 0 Å². The third kappa shape index (κ3) is 4.61. The molecule has 0 radical (unpaired) electrons. The van der Waals surface area contributed by atoms with Crippen molar-refractivity contribution in [3.05, 3.63) is 64.6 Å². The monoisotopic (exact) mass is 387 g/mol. The first-order valence-corrected chi connectivity index (χ1v) is 8.60. The summed E-state index contributed by atoms with van der Waals surface area (Å²) < 4.78 is 5.49. The molecule has 3 heterocycles. The van der Waals surface area contributed by atoms with Crippen molar-refractivity contribution in [2.75, 3.05) is 7.11 Å². The van der Waals surface area contributed by atoms with Crippen LogP contribution in [0.15, 0.2) is 46.9 Å². The standard InChI is InChI=1S/C20H25N3O.Zn/c1-4-5-6-8-15-11-16(22-14(15)2)12-19-20(24-3)13-18(23-19)17-9-7-10-21-17;/h7,9-13,21-22H,4-6,8H2,1-3H3;. The predicted octanol–water partition coefficient (Wildman–Crippen LogP) is 4.76. The van der Waals surface area contributed by atoms with Crippen LogP contribution < -0.4 is 0 Å². The van der Waals surface area contributed by atoms with Crippen molar-refractivity contribution in [2.24, 2.45) is 4.99 Å². The summed E-state index contributed by atoms with van der Waals surface area (Å²) in [5.74, 6) is 0.791. The third-order valence-corrected chi connectivity index (χ3v) is 4.34. The first-order valence-electron chi connectivity index (χ1n) is 8.60. The predicted molar refractivity (Wildman–Crippen MR) is 99.2 cm³/mol. The molecule has 0 aromatic carbocycles. The van der Waals surface area contributed by atoms with Crippen LogP contribution in [0.4, 0.5) is 0 Å².